The number of rotatable bonds is 13. The van der Waals surface area contributed by atoms with Gasteiger partial charge in [-0.05, 0) is 36.8 Å². The van der Waals surface area contributed by atoms with E-state index in [1.54, 1.807) is 0 Å². The van der Waals surface area contributed by atoms with E-state index in [1.807, 2.05) is 0 Å². The number of alkyl halides is 6. The molecule has 0 spiro atoms. The van der Waals surface area contributed by atoms with Gasteiger partial charge in [0.1, 0.15) is 22.7 Å². The van der Waals surface area contributed by atoms with Gasteiger partial charge in [0.05, 0.1) is 25.0 Å². The molecule has 11 nitrogen and oxygen atoms in total. The number of hydrogen-bond donors (Lipinski definition) is 2. The SMILES string of the molecule is CC(F)(F)c1ccc(CNC(=O)c2nnc(CCC(F)Cn3cc(C(=O)NCc4cc(OC(F)(F)F)ccc4F)nn3)s2)nc1. The Hall–Kier alpha value is -4.68. The van der Waals surface area contributed by atoms with Crippen molar-refractivity contribution in [1.29, 1.82) is 0 Å². The highest BCUT2D eigenvalue weighted by Crippen LogP contribution is 2.26. The molecular formula is C26H23F7N8O3S. The molecule has 0 radical (unpaired) electrons. The Balaban J connectivity index is 1.21. The Labute approximate surface area is 253 Å². The standard InChI is InChI=1S/C26H23F7N8O3S/c1-25(29,30)15-2-4-17(34-10-15)11-36-23(43)24-39-38-21(45-24)7-3-16(27)12-41-13-20(37-40-41)22(42)35-9-14-8-18(5-6-19(14)28)44-26(31,32)33/h2,4-6,8,10,13,16H,3,7,9,11-12H2,1H3,(H,35,42)(H,36,43). The molecule has 19 heteroatoms. The summed E-state index contributed by atoms with van der Waals surface area (Å²) in [5, 5.41) is 20.2. The van der Waals surface area contributed by atoms with Gasteiger partial charge in [-0.25, -0.2) is 22.2 Å². The van der Waals surface area contributed by atoms with Crippen LogP contribution >= 0.6 is 11.3 Å². The zero-order chi connectivity index (χ0) is 32.8. The van der Waals surface area contributed by atoms with Crippen LogP contribution in [0.1, 0.15) is 55.5 Å². The largest absolute Gasteiger partial charge is 0.573 e. The van der Waals surface area contributed by atoms with Gasteiger partial charge in [0.25, 0.3) is 17.7 Å². The molecule has 0 bridgehead atoms. The minimum atomic E-state index is -4.97. The number of benzene rings is 1. The summed E-state index contributed by atoms with van der Waals surface area (Å²) in [6.07, 6.45) is -4.17. The van der Waals surface area contributed by atoms with Crippen LogP contribution in [0.4, 0.5) is 30.7 Å². The van der Waals surface area contributed by atoms with Crippen molar-refractivity contribution < 1.29 is 45.1 Å². The van der Waals surface area contributed by atoms with Crippen LogP contribution in [-0.4, -0.2) is 54.5 Å². The van der Waals surface area contributed by atoms with E-state index in [9.17, 15) is 40.3 Å². The first-order valence-corrected chi connectivity index (χ1v) is 13.8. The summed E-state index contributed by atoms with van der Waals surface area (Å²) >= 11 is 0.948. The third-order valence-corrected chi connectivity index (χ3v) is 6.92. The van der Waals surface area contributed by atoms with Crippen molar-refractivity contribution in [2.75, 3.05) is 0 Å². The molecule has 2 N–H and O–H groups in total. The lowest BCUT2D eigenvalue weighted by Crippen LogP contribution is -2.24. The molecule has 4 aromatic rings. The van der Waals surface area contributed by atoms with Gasteiger partial charge in [0.15, 0.2) is 5.69 Å². The monoisotopic (exact) mass is 660 g/mol. The lowest BCUT2D eigenvalue weighted by Gasteiger charge is -2.11. The van der Waals surface area contributed by atoms with Crippen LogP contribution in [0.15, 0.2) is 42.7 Å². The smallest absolute Gasteiger partial charge is 0.406 e. The Bertz CT molecular complexity index is 1620. The van der Waals surface area contributed by atoms with Crippen molar-refractivity contribution in [2.45, 2.75) is 57.9 Å². The third-order valence-electron chi connectivity index (χ3n) is 5.94. The molecule has 1 atom stereocenters. The Morgan fingerprint density at radius 2 is 1.78 bits per heavy atom. The third kappa shape index (κ3) is 9.91. The summed E-state index contributed by atoms with van der Waals surface area (Å²) in [6.45, 7) is -0.0504. The summed E-state index contributed by atoms with van der Waals surface area (Å²) < 4.78 is 97.2. The molecule has 3 heterocycles. The van der Waals surface area contributed by atoms with Gasteiger partial charge in [-0.15, -0.1) is 28.5 Å². The number of carbonyl (C=O) groups excluding carboxylic acids is 2. The lowest BCUT2D eigenvalue weighted by molar-refractivity contribution is -0.274. The number of pyridine rings is 1. The van der Waals surface area contributed by atoms with E-state index < -0.39 is 48.4 Å². The molecular weight excluding hydrogens is 637 g/mol. The number of nitrogens with zero attached hydrogens (tertiary/aromatic N) is 6. The second-order valence-corrected chi connectivity index (χ2v) is 10.6. The van der Waals surface area contributed by atoms with E-state index in [-0.39, 0.29) is 47.8 Å². The topological polar surface area (TPSA) is 137 Å². The van der Waals surface area contributed by atoms with E-state index in [0.717, 1.165) is 53.5 Å². The minimum absolute atomic E-state index is 0.0172. The summed E-state index contributed by atoms with van der Waals surface area (Å²) in [6, 6.07) is 4.92. The number of aromatic nitrogens is 6. The maximum Gasteiger partial charge on any atom is 0.573 e. The quantitative estimate of drug-likeness (QED) is 0.200. The number of amides is 2. The fourth-order valence-corrected chi connectivity index (χ4v) is 4.47. The van der Waals surface area contributed by atoms with Gasteiger partial charge in [0, 0.05) is 37.2 Å². The van der Waals surface area contributed by atoms with Crippen LogP contribution in [0.3, 0.4) is 0 Å². The fraction of sp³-hybridized carbons (Fsp3) is 0.346. The van der Waals surface area contributed by atoms with Crippen LogP contribution in [0.5, 0.6) is 5.75 Å². The number of ether oxygens (including phenoxy) is 1. The molecule has 0 aliphatic rings. The maximum atomic E-state index is 14.6. The average Bonchev–Trinajstić information content (AvgIpc) is 3.64. The molecule has 45 heavy (non-hydrogen) atoms. The minimum Gasteiger partial charge on any atom is -0.406 e. The van der Waals surface area contributed by atoms with Crippen molar-refractivity contribution >= 4 is 23.2 Å². The van der Waals surface area contributed by atoms with E-state index in [0.29, 0.717) is 10.7 Å². The first kappa shape index (κ1) is 33.2. The molecule has 1 aromatic carbocycles. The van der Waals surface area contributed by atoms with Gasteiger partial charge in [-0.2, -0.15) is 0 Å². The van der Waals surface area contributed by atoms with Crippen molar-refractivity contribution in [3.05, 3.63) is 81.1 Å². The molecule has 0 saturated carbocycles. The van der Waals surface area contributed by atoms with Crippen LogP contribution in [0.2, 0.25) is 0 Å². The highest BCUT2D eigenvalue weighted by Gasteiger charge is 2.31. The van der Waals surface area contributed by atoms with Crippen LogP contribution in [0, 0.1) is 5.82 Å². The molecule has 1 unspecified atom stereocenters. The molecule has 4 rings (SSSR count). The predicted molar refractivity (Wildman–Crippen MR) is 142 cm³/mol. The maximum absolute atomic E-state index is 14.6. The van der Waals surface area contributed by atoms with E-state index in [2.05, 4.69) is 40.9 Å². The molecule has 3 aromatic heterocycles. The second kappa shape index (κ2) is 14.0. The number of hydrogen-bond acceptors (Lipinski definition) is 9. The zero-order valence-corrected chi connectivity index (χ0v) is 23.9. The highest BCUT2D eigenvalue weighted by molar-refractivity contribution is 7.13. The highest BCUT2D eigenvalue weighted by atomic mass is 32.1. The van der Waals surface area contributed by atoms with Crippen LogP contribution in [0.25, 0.3) is 0 Å². The van der Waals surface area contributed by atoms with Crippen molar-refractivity contribution in [3.8, 4) is 5.75 Å². The van der Waals surface area contributed by atoms with Crippen molar-refractivity contribution in [2.24, 2.45) is 0 Å². The number of nitrogens with one attached hydrogen (secondary N) is 2. The van der Waals surface area contributed by atoms with Gasteiger partial charge >= 0.3 is 6.36 Å². The summed E-state index contributed by atoms with van der Waals surface area (Å²) in [4.78, 5) is 28.6. The van der Waals surface area contributed by atoms with E-state index in [4.69, 9.17) is 0 Å². The second-order valence-electron chi connectivity index (χ2n) is 9.56. The molecule has 0 saturated heterocycles. The van der Waals surface area contributed by atoms with Gasteiger partial charge in [-0.3, -0.25) is 14.6 Å². The molecule has 0 aliphatic carbocycles. The first-order valence-electron chi connectivity index (χ1n) is 13.0. The summed E-state index contributed by atoms with van der Waals surface area (Å²) in [5.74, 6) is -5.96. The Kier molecular flexibility index (Phi) is 10.3. The molecule has 2 amide bonds. The van der Waals surface area contributed by atoms with E-state index in [1.165, 1.54) is 12.1 Å². The van der Waals surface area contributed by atoms with Crippen LogP contribution in [-0.2, 0) is 32.0 Å². The summed E-state index contributed by atoms with van der Waals surface area (Å²) in [7, 11) is 0. The number of aryl methyl sites for hydroxylation is 1. The van der Waals surface area contributed by atoms with E-state index >= 15 is 0 Å². The summed E-state index contributed by atoms with van der Waals surface area (Å²) in [5.41, 5.74) is -0.410. The van der Waals surface area contributed by atoms with Gasteiger partial charge in [-0.1, -0.05) is 16.6 Å². The average molecular weight is 661 g/mol. The fourth-order valence-electron chi connectivity index (χ4n) is 3.70. The molecule has 0 aliphatic heterocycles. The Morgan fingerprint density at radius 1 is 1.02 bits per heavy atom. The molecule has 0 fully saturated rings. The lowest BCUT2D eigenvalue weighted by atomic mass is 10.1. The number of halogens is 7. The van der Waals surface area contributed by atoms with Crippen molar-refractivity contribution in [3.63, 3.8) is 0 Å². The number of carbonyl (C=O) groups is 2. The zero-order valence-electron chi connectivity index (χ0n) is 23.1. The van der Waals surface area contributed by atoms with Gasteiger partial charge in [0.2, 0.25) is 5.01 Å². The van der Waals surface area contributed by atoms with Gasteiger partial charge < -0.3 is 15.4 Å². The predicted octanol–water partition coefficient (Wildman–Crippen LogP) is 4.50. The van der Waals surface area contributed by atoms with Crippen LogP contribution < -0.4 is 15.4 Å². The normalized spacial score (nSPS) is 12.5. The molecule has 240 valence electrons. The first-order chi connectivity index (χ1) is 21.2. The van der Waals surface area contributed by atoms with Crippen molar-refractivity contribution in [1.82, 2.24) is 40.8 Å². The Morgan fingerprint density at radius 3 is 2.47 bits per heavy atom.